The van der Waals surface area contributed by atoms with Crippen LogP contribution < -0.4 is 9.62 Å². The van der Waals surface area contributed by atoms with Gasteiger partial charge in [-0.2, -0.15) is 0 Å². The summed E-state index contributed by atoms with van der Waals surface area (Å²) < 4.78 is 43.5. The number of halogens is 1. The minimum absolute atomic E-state index is 0.0320. The lowest BCUT2D eigenvalue weighted by Gasteiger charge is -2.34. The van der Waals surface area contributed by atoms with E-state index in [-0.39, 0.29) is 29.8 Å². The molecule has 0 aliphatic rings. The molecule has 0 saturated carbocycles. The summed E-state index contributed by atoms with van der Waals surface area (Å²) in [5.41, 5.74) is 4.29. The Balaban J connectivity index is 1.83. The van der Waals surface area contributed by atoms with Crippen molar-refractivity contribution in [3.05, 3.63) is 131 Å². The van der Waals surface area contributed by atoms with Gasteiger partial charge in [-0.25, -0.2) is 12.8 Å². The number of rotatable bonds is 13. The van der Waals surface area contributed by atoms with Gasteiger partial charge in [0.25, 0.3) is 10.0 Å². The number of nitrogens with one attached hydrogen (secondary N) is 1. The molecule has 0 fully saturated rings. The summed E-state index contributed by atoms with van der Waals surface area (Å²) in [5.74, 6) is -1.35. The van der Waals surface area contributed by atoms with Crippen LogP contribution in [0.2, 0.25) is 0 Å². The van der Waals surface area contributed by atoms with Crippen molar-refractivity contribution >= 4 is 27.5 Å². The zero-order chi connectivity index (χ0) is 33.4. The van der Waals surface area contributed by atoms with Crippen molar-refractivity contribution in [3.8, 4) is 0 Å². The predicted molar refractivity (Wildman–Crippen MR) is 180 cm³/mol. The maximum absolute atomic E-state index is 14.6. The molecule has 0 unspecified atom stereocenters. The number of amides is 2. The van der Waals surface area contributed by atoms with Crippen molar-refractivity contribution < 1.29 is 22.4 Å². The van der Waals surface area contributed by atoms with Crippen LogP contribution >= 0.6 is 0 Å². The van der Waals surface area contributed by atoms with E-state index in [1.54, 1.807) is 36.4 Å². The number of benzene rings is 4. The van der Waals surface area contributed by atoms with E-state index in [1.165, 1.54) is 29.2 Å². The van der Waals surface area contributed by atoms with Gasteiger partial charge in [-0.1, -0.05) is 79.2 Å². The van der Waals surface area contributed by atoms with Gasteiger partial charge >= 0.3 is 0 Å². The van der Waals surface area contributed by atoms with E-state index in [1.807, 2.05) is 71.0 Å². The van der Waals surface area contributed by atoms with Crippen LogP contribution in [0.5, 0.6) is 0 Å². The molecule has 242 valence electrons. The Kier molecular flexibility index (Phi) is 11.4. The Labute approximate surface area is 272 Å². The van der Waals surface area contributed by atoms with Gasteiger partial charge in [-0.15, -0.1) is 0 Å². The van der Waals surface area contributed by atoms with Crippen LogP contribution in [0.1, 0.15) is 48.1 Å². The fraction of sp³-hybridized carbons (Fsp3) is 0.297. The first-order valence-corrected chi connectivity index (χ1v) is 16.9. The lowest BCUT2D eigenvalue weighted by Crippen LogP contribution is -2.54. The van der Waals surface area contributed by atoms with Crippen molar-refractivity contribution in [1.82, 2.24) is 10.2 Å². The second-order valence-corrected chi connectivity index (χ2v) is 13.6. The third kappa shape index (κ3) is 8.40. The molecule has 46 heavy (non-hydrogen) atoms. The first kappa shape index (κ1) is 34.4. The number of carbonyl (C=O) groups excluding carboxylic acids is 2. The molecule has 2 atom stereocenters. The Morgan fingerprint density at radius 1 is 0.826 bits per heavy atom. The van der Waals surface area contributed by atoms with Crippen LogP contribution in [-0.4, -0.2) is 43.8 Å². The maximum atomic E-state index is 14.6. The minimum atomic E-state index is -4.21. The van der Waals surface area contributed by atoms with E-state index >= 15 is 0 Å². The van der Waals surface area contributed by atoms with E-state index in [0.29, 0.717) is 23.2 Å². The van der Waals surface area contributed by atoms with E-state index < -0.39 is 34.3 Å². The van der Waals surface area contributed by atoms with E-state index in [2.05, 4.69) is 5.32 Å². The fourth-order valence-electron chi connectivity index (χ4n) is 5.14. The number of hydrogen-bond acceptors (Lipinski definition) is 4. The smallest absolute Gasteiger partial charge is 0.264 e. The number of aryl methyl sites for hydroxylation is 2. The fourth-order valence-corrected chi connectivity index (χ4v) is 6.61. The van der Waals surface area contributed by atoms with Gasteiger partial charge in [0.2, 0.25) is 11.8 Å². The highest BCUT2D eigenvalue weighted by Gasteiger charge is 2.35. The predicted octanol–water partition coefficient (Wildman–Crippen LogP) is 6.50. The number of carbonyl (C=O) groups is 2. The van der Waals surface area contributed by atoms with Crippen LogP contribution in [0, 0.1) is 26.6 Å². The van der Waals surface area contributed by atoms with Gasteiger partial charge in [-0.3, -0.25) is 13.9 Å². The lowest BCUT2D eigenvalue weighted by molar-refractivity contribution is -0.140. The Hall–Kier alpha value is -4.50. The molecule has 0 aliphatic carbocycles. The highest BCUT2D eigenvalue weighted by Crippen LogP contribution is 2.29. The van der Waals surface area contributed by atoms with Crippen LogP contribution in [0.3, 0.4) is 0 Å². The monoisotopic (exact) mass is 643 g/mol. The van der Waals surface area contributed by atoms with Gasteiger partial charge in [0.1, 0.15) is 18.4 Å². The number of nitrogens with zero attached hydrogens (tertiary/aromatic N) is 2. The topological polar surface area (TPSA) is 86.8 Å². The second-order valence-electron chi connectivity index (χ2n) is 11.7. The molecule has 2 amide bonds. The molecule has 0 aromatic heterocycles. The molecule has 0 spiro atoms. The van der Waals surface area contributed by atoms with Gasteiger partial charge in [0, 0.05) is 19.0 Å². The summed E-state index contributed by atoms with van der Waals surface area (Å²) in [5, 5.41) is 3.02. The normalized spacial score (nSPS) is 12.7. The van der Waals surface area contributed by atoms with Crippen LogP contribution in [-0.2, 0) is 32.6 Å². The van der Waals surface area contributed by atoms with Crippen molar-refractivity contribution in [1.29, 1.82) is 0 Å². The van der Waals surface area contributed by atoms with Crippen LogP contribution in [0.4, 0.5) is 10.1 Å². The van der Waals surface area contributed by atoms with Gasteiger partial charge in [0.15, 0.2) is 0 Å². The first-order valence-electron chi connectivity index (χ1n) is 15.4. The van der Waals surface area contributed by atoms with Gasteiger partial charge in [0.05, 0.1) is 10.6 Å². The molecule has 0 saturated heterocycles. The summed E-state index contributed by atoms with van der Waals surface area (Å²) in [6.45, 7) is 8.83. The highest BCUT2D eigenvalue weighted by atomic mass is 32.2. The average molecular weight is 644 g/mol. The molecule has 1 N–H and O–H groups in total. The minimum Gasteiger partial charge on any atom is -0.352 e. The van der Waals surface area contributed by atoms with Gasteiger partial charge in [-0.05, 0) is 86.7 Å². The Bertz CT molecular complexity index is 1740. The largest absolute Gasteiger partial charge is 0.352 e. The van der Waals surface area contributed by atoms with E-state index in [0.717, 1.165) is 21.0 Å². The zero-order valence-electron chi connectivity index (χ0n) is 27.0. The number of hydrogen-bond donors (Lipinski definition) is 1. The van der Waals surface area contributed by atoms with E-state index in [4.69, 9.17) is 0 Å². The third-order valence-corrected chi connectivity index (χ3v) is 10.0. The summed E-state index contributed by atoms with van der Waals surface area (Å²) in [4.78, 5) is 30.0. The molecular formula is C37H42FN3O4S. The molecule has 0 bridgehead atoms. The Morgan fingerprint density at radius 3 is 2.11 bits per heavy atom. The van der Waals surface area contributed by atoms with Crippen LogP contribution in [0.25, 0.3) is 0 Å². The molecule has 4 aromatic rings. The quantitative estimate of drug-likeness (QED) is 0.180. The van der Waals surface area contributed by atoms with Crippen molar-refractivity contribution in [2.45, 2.75) is 71.0 Å². The van der Waals surface area contributed by atoms with Crippen molar-refractivity contribution in [3.63, 3.8) is 0 Å². The van der Waals surface area contributed by atoms with Crippen molar-refractivity contribution in [2.24, 2.45) is 0 Å². The lowest BCUT2D eigenvalue weighted by atomic mass is 10.0. The maximum Gasteiger partial charge on any atom is 0.264 e. The standard InChI is InChI=1S/C37H42FN3O4S/c1-6-28(4)39-37(43)35(23-30-12-8-7-9-13-30)40(24-31-17-19-32(38)20-18-31)36(42)25-41(34-14-10-11-27(3)29(34)5)46(44,45)33-21-15-26(2)16-22-33/h7-22,28,35H,6,23-25H2,1-5H3,(H,39,43)/t28-,35+/m0/s1. The van der Waals surface area contributed by atoms with E-state index in [9.17, 15) is 22.4 Å². The third-order valence-electron chi connectivity index (χ3n) is 8.27. The van der Waals surface area contributed by atoms with Crippen molar-refractivity contribution in [2.75, 3.05) is 10.8 Å². The molecule has 4 rings (SSSR count). The SMILES string of the molecule is CC[C@H](C)NC(=O)[C@@H](Cc1ccccc1)N(Cc1ccc(F)cc1)C(=O)CN(c1cccc(C)c1C)S(=O)(=O)c1ccc(C)cc1. The molecule has 7 nitrogen and oxygen atoms in total. The first-order chi connectivity index (χ1) is 21.9. The second kappa shape index (κ2) is 15.2. The summed E-state index contributed by atoms with van der Waals surface area (Å²) in [7, 11) is -4.21. The molecule has 0 heterocycles. The summed E-state index contributed by atoms with van der Waals surface area (Å²) in [6.07, 6.45) is 0.884. The molecule has 9 heteroatoms. The molecule has 0 radical (unpaired) electrons. The summed E-state index contributed by atoms with van der Waals surface area (Å²) in [6, 6.07) is 25.8. The molecule has 0 aliphatic heterocycles. The van der Waals surface area contributed by atoms with Gasteiger partial charge < -0.3 is 10.2 Å². The number of anilines is 1. The molecule has 4 aromatic carbocycles. The number of sulfonamides is 1. The van der Waals surface area contributed by atoms with Crippen LogP contribution in [0.15, 0.2) is 102 Å². The highest BCUT2D eigenvalue weighted by molar-refractivity contribution is 7.92. The average Bonchev–Trinajstić information content (AvgIpc) is 3.04. The summed E-state index contributed by atoms with van der Waals surface area (Å²) >= 11 is 0. The Morgan fingerprint density at radius 2 is 1.48 bits per heavy atom. The molecular weight excluding hydrogens is 601 g/mol. The zero-order valence-corrected chi connectivity index (χ0v) is 27.9.